The lowest BCUT2D eigenvalue weighted by Crippen LogP contribution is -2.37. The van der Waals surface area contributed by atoms with Crippen LogP contribution in [-0.2, 0) is 13.1 Å². The summed E-state index contributed by atoms with van der Waals surface area (Å²) < 4.78 is 31.5. The monoisotopic (exact) mass is 400 g/mol. The Kier molecular flexibility index (Phi) is 8.76. The third-order valence-corrected chi connectivity index (χ3v) is 3.83. The van der Waals surface area contributed by atoms with E-state index in [1.165, 1.54) is 12.1 Å². The molecule has 1 heterocycles. The fraction of sp³-hybridized carbons (Fsp3) is 0.471. The van der Waals surface area contributed by atoms with E-state index in [2.05, 4.69) is 30.6 Å². The van der Waals surface area contributed by atoms with Crippen molar-refractivity contribution in [1.29, 1.82) is 0 Å². The van der Waals surface area contributed by atoms with Crippen molar-refractivity contribution in [3.63, 3.8) is 0 Å². The van der Waals surface area contributed by atoms with Gasteiger partial charge in [-0.2, -0.15) is 8.78 Å². The highest BCUT2D eigenvalue weighted by Crippen LogP contribution is 2.25. The van der Waals surface area contributed by atoms with Crippen LogP contribution in [0, 0.1) is 0 Å². The Balaban J connectivity index is 1.87. The van der Waals surface area contributed by atoms with Crippen molar-refractivity contribution in [3.8, 4) is 5.75 Å². The lowest BCUT2D eigenvalue weighted by molar-refractivity contribution is -0.0504. The van der Waals surface area contributed by atoms with Gasteiger partial charge in [0.2, 0.25) is 0 Å². The average Bonchev–Trinajstić information content (AvgIpc) is 3.14. The highest BCUT2D eigenvalue weighted by atomic mass is 35.5. The summed E-state index contributed by atoms with van der Waals surface area (Å²) in [4.78, 5) is 4.43. The highest BCUT2D eigenvalue weighted by molar-refractivity contribution is 6.30. The summed E-state index contributed by atoms with van der Waals surface area (Å²) in [6, 6.07) is 4.50. The summed E-state index contributed by atoms with van der Waals surface area (Å²) in [6.07, 6.45) is 5.26. The average molecular weight is 401 g/mol. The quantitative estimate of drug-likeness (QED) is 0.364. The highest BCUT2D eigenvalue weighted by Gasteiger charge is 2.10. The van der Waals surface area contributed by atoms with E-state index in [4.69, 9.17) is 11.6 Å². The van der Waals surface area contributed by atoms with Crippen molar-refractivity contribution < 1.29 is 13.5 Å². The van der Waals surface area contributed by atoms with E-state index in [-0.39, 0.29) is 12.3 Å². The van der Waals surface area contributed by atoms with Crippen LogP contribution in [0.4, 0.5) is 8.78 Å². The van der Waals surface area contributed by atoms with Gasteiger partial charge in [-0.3, -0.25) is 0 Å². The first kappa shape index (κ1) is 20.9. The summed E-state index contributed by atoms with van der Waals surface area (Å²) in [5, 5.41) is 14.3. The third-order valence-electron chi connectivity index (χ3n) is 3.59. The Morgan fingerprint density at radius 3 is 2.74 bits per heavy atom. The van der Waals surface area contributed by atoms with Crippen LogP contribution in [0.15, 0.2) is 35.8 Å². The summed E-state index contributed by atoms with van der Waals surface area (Å²) in [5.74, 6) is 0.674. The molecule has 0 atom stereocenters. The summed E-state index contributed by atoms with van der Waals surface area (Å²) in [7, 11) is 0. The Morgan fingerprint density at radius 1 is 1.26 bits per heavy atom. The number of nitrogens with one attached hydrogen (secondary N) is 2. The van der Waals surface area contributed by atoms with Crippen molar-refractivity contribution in [1.82, 2.24) is 25.4 Å². The number of aliphatic imine (C=N–C) groups is 1. The molecule has 2 N–H and O–H groups in total. The summed E-state index contributed by atoms with van der Waals surface area (Å²) >= 11 is 5.96. The Labute approximate surface area is 161 Å². The van der Waals surface area contributed by atoms with Gasteiger partial charge in [-0.05, 0) is 38.0 Å². The molecule has 0 unspecified atom stereocenters. The number of nitrogens with zero attached hydrogens (tertiary/aromatic N) is 4. The molecule has 1 aromatic carbocycles. The first-order valence-electron chi connectivity index (χ1n) is 8.66. The molecule has 0 saturated heterocycles. The van der Waals surface area contributed by atoms with Gasteiger partial charge in [0, 0.05) is 30.2 Å². The smallest absolute Gasteiger partial charge is 0.387 e. The molecule has 2 aromatic rings. The van der Waals surface area contributed by atoms with E-state index in [9.17, 15) is 8.78 Å². The Hall–Kier alpha value is -2.42. The number of aromatic nitrogens is 3. The first-order valence-corrected chi connectivity index (χ1v) is 9.04. The Morgan fingerprint density at radius 2 is 2.04 bits per heavy atom. The van der Waals surface area contributed by atoms with Gasteiger partial charge in [0.25, 0.3) is 0 Å². The number of unbranched alkanes of at least 4 members (excludes halogenated alkanes) is 1. The molecule has 0 aliphatic carbocycles. The lowest BCUT2D eigenvalue weighted by atomic mass is 10.2. The summed E-state index contributed by atoms with van der Waals surface area (Å²) in [6.45, 7) is 1.48. The molecule has 148 valence electrons. The number of guanidine groups is 1. The maximum Gasteiger partial charge on any atom is 0.387 e. The third kappa shape index (κ3) is 7.78. The number of hydrogen-bond donors (Lipinski definition) is 2. The van der Waals surface area contributed by atoms with Gasteiger partial charge in [-0.15, -0.1) is 10.2 Å². The molecule has 0 saturated carbocycles. The normalized spacial score (nSPS) is 11.7. The van der Waals surface area contributed by atoms with Crippen LogP contribution in [0.5, 0.6) is 5.75 Å². The van der Waals surface area contributed by atoms with Gasteiger partial charge >= 0.3 is 6.61 Å². The SMILES string of the molecule is CCNC(=NCc1cc(Cl)ccc1OC(F)F)NCCCCn1cnnc1. The van der Waals surface area contributed by atoms with Crippen LogP contribution < -0.4 is 15.4 Å². The molecule has 0 amide bonds. The van der Waals surface area contributed by atoms with Gasteiger partial charge in [-0.1, -0.05) is 11.6 Å². The molecule has 1 aromatic heterocycles. The summed E-state index contributed by atoms with van der Waals surface area (Å²) in [5.41, 5.74) is 0.493. The molecule has 0 radical (unpaired) electrons. The van der Waals surface area contributed by atoms with E-state index < -0.39 is 6.61 Å². The van der Waals surface area contributed by atoms with Gasteiger partial charge in [-0.25, -0.2) is 4.99 Å². The molecule has 2 rings (SSSR count). The fourth-order valence-electron chi connectivity index (χ4n) is 2.35. The van der Waals surface area contributed by atoms with Crippen molar-refractivity contribution in [2.75, 3.05) is 13.1 Å². The first-order chi connectivity index (χ1) is 13.1. The second-order valence-electron chi connectivity index (χ2n) is 5.66. The number of alkyl halides is 2. The predicted molar refractivity (Wildman–Crippen MR) is 100 cm³/mol. The number of hydrogen-bond acceptors (Lipinski definition) is 4. The zero-order chi connectivity index (χ0) is 19.5. The zero-order valence-electron chi connectivity index (χ0n) is 15.0. The van der Waals surface area contributed by atoms with Crippen LogP contribution >= 0.6 is 11.6 Å². The predicted octanol–water partition coefficient (Wildman–Crippen LogP) is 3.07. The number of ether oxygens (including phenoxy) is 1. The van der Waals surface area contributed by atoms with E-state index in [0.717, 1.165) is 25.9 Å². The van der Waals surface area contributed by atoms with Crippen LogP contribution in [0.2, 0.25) is 5.02 Å². The minimum Gasteiger partial charge on any atom is -0.434 e. The van der Waals surface area contributed by atoms with Crippen molar-refractivity contribution >= 4 is 17.6 Å². The lowest BCUT2D eigenvalue weighted by Gasteiger charge is -2.13. The molecule has 0 fully saturated rings. The molecule has 0 aliphatic rings. The second-order valence-corrected chi connectivity index (χ2v) is 6.10. The minimum atomic E-state index is -2.90. The molecular weight excluding hydrogens is 378 g/mol. The van der Waals surface area contributed by atoms with E-state index in [1.807, 2.05) is 11.5 Å². The van der Waals surface area contributed by atoms with Crippen molar-refractivity contribution in [2.45, 2.75) is 39.5 Å². The largest absolute Gasteiger partial charge is 0.434 e. The van der Waals surface area contributed by atoms with Gasteiger partial charge in [0.05, 0.1) is 6.54 Å². The molecule has 0 bridgehead atoms. The number of halogens is 3. The molecule has 0 aliphatic heterocycles. The number of benzene rings is 1. The molecule has 0 spiro atoms. The van der Waals surface area contributed by atoms with E-state index in [1.54, 1.807) is 18.7 Å². The van der Waals surface area contributed by atoms with E-state index in [0.29, 0.717) is 23.1 Å². The van der Waals surface area contributed by atoms with Crippen LogP contribution in [0.1, 0.15) is 25.3 Å². The van der Waals surface area contributed by atoms with Crippen LogP contribution in [0.3, 0.4) is 0 Å². The standard InChI is InChI=1S/C17H23ClF2N6O/c1-2-21-17(22-7-3-4-8-26-11-24-25-12-26)23-10-13-9-14(18)5-6-15(13)27-16(19)20/h5-6,9,11-12,16H,2-4,7-8,10H2,1H3,(H2,21,22,23). The Bertz CT molecular complexity index is 711. The van der Waals surface area contributed by atoms with Gasteiger partial charge < -0.3 is 19.9 Å². The second kappa shape index (κ2) is 11.3. The molecular formula is C17H23ClF2N6O. The molecule has 27 heavy (non-hydrogen) atoms. The maximum absolute atomic E-state index is 12.5. The van der Waals surface area contributed by atoms with Crippen molar-refractivity contribution in [3.05, 3.63) is 41.4 Å². The number of aryl methyl sites for hydroxylation is 1. The van der Waals surface area contributed by atoms with Crippen LogP contribution in [-0.4, -0.2) is 40.4 Å². The minimum absolute atomic E-state index is 0.0722. The number of rotatable bonds is 10. The fourth-order valence-corrected chi connectivity index (χ4v) is 2.55. The zero-order valence-corrected chi connectivity index (χ0v) is 15.8. The van der Waals surface area contributed by atoms with Crippen LogP contribution in [0.25, 0.3) is 0 Å². The van der Waals surface area contributed by atoms with Crippen molar-refractivity contribution in [2.24, 2.45) is 4.99 Å². The topological polar surface area (TPSA) is 76.4 Å². The van der Waals surface area contributed by atoms with Gasteiger partial charge in [0.1, 0.15) is 18.4 Å². The van der Waals surface area contributed by atoms with E-state index >= 15 is 0 Å². The molecule has 10 heteroatoms. The maximum atomic E-state index is 12.5. The molecule has 7 nitrogen and oxygen atoms in total. The van der Waals surface area contributed by atoms with Gasteiger partial charge in [0.15, 0.2) is 5.96 Å².